The van der Waals surface area contributed by atoms with Crippen LogP contribution in [0.25, 0.3) is 5.69 Å². The molecule has 6 nitrogen and oxygen atoms in total. The topological polar surface area (TPSA) is 54.3 Å². The number of benzene rings is 1. The summed E-state index contributed by atoms with van der Waals surface area (Å²) in [6.45, 7) is 4.07. The summed E-state index contributed by atoms with van der Waals surface area (Å²) in [6.07, 6.45) is 6.99. The summed E-state index contributed by atoms with van der Waals surface area (Å²) in [5.74, 6) is 1.53. The number of amides is 1. The second-order valence-corrected chi connectivity index (χ2v) is 8.09. The van der Waals surface area contributed by atoms with E-state index in [1.54, 1.807) is 10.9 Å². The summed E-state index contributed by atoms with van der Waals surface area (Å²) >= 11 is 0. The fourth-order valence-corrected chi connectivity index (χ4v) is 4.43. The minimum atomic E-state index is 0.0253. The van der Waals surface area contributed by atoms with Gasteiger partial charge in [0.05, 0.1) is 11.9 Å². The molecule has 2 atom stereocenters. The van der Waals surface area contributed by atoms with Gasteiger partial charge < -0.3 is 4.90 Å². The number of hydrogen-bond donors (Lipinski definition) is 0. The van der Waals surface area contributed by atoms with Crippen molar-refractivity contribution in [2.24, 2.45) is 11.8 Å². The van der Waals surface area contributed by atoms with Crippen LogP contribution in [0.1, 0.15) is 36.2 Å². The highest BCUT2D eigenvalue weighted by atomic mass is 16.2. The standard InChI is InChI=1S/C20H25N5O/c26-20(19-14-25(22-21-19)17-4-2-1-3-5-17)24-12-16-8-9-18(13-24)23(11-16)10-15-6-7-15/h1-5,14-16,18H,6-13H2/t16-,18-/m0/s1. The number of rotatable bonds is 4. The fourth-order valence-electron chi connectivity index (χ4n) is 4.43. The van der Waals surface area contributed by atoms with Gasteiger partial charge in [-0.05, 0) is 49.7 Å². The van der Waals surface area contributed by atoms with Crippen LogP contribution in [0.5, 0.6) is 0 Å². The lowest BCUT2D eigenvalue weighted by atomic mass is 9.95. The molecule has 0 spiro atoms. The highest BCUT2D eigenvalue weighted by Crippen LogP contribution is 2.35. The summed E-state index contributed by atoms with van der Waals surface area (Å²) in [7, 11) is 0. The van der Waals surface area contributed by atoms with E-state index < -0.39 is 0 Å². The van der Waals surface area contributed by atoms with E-state index in [1.807, 2.05) is 35.2 Å². The van der Waals surface area contributed by atoms with Crippen molar-refractivity contribution in [3.8, 4) is 5.69 Å². The number of para-hydroxylation sites is 1. The Hall–Kier alpha value is -2.21. The van der Waals surface area contributed by atoms with Crippen LogP contribution in [0.3, 0.4) is 0 Å². The number of hydrogen-bond acceptors (Lipinski definition) is 4. The Labute approximate surface area is 153 Å². The van der Waals surface area contributed by atoms with E-state index in [9.17, 15) is 4.79 Å². The van der Waals surface area contributed by atoms with Gasteiger partial charge in [0, 0.05) is 32.2 Å². The molecule has 4 heterocycles. The number of aromatic nitrogens is 3. The van der Waals surface area contributed by atoms with Crippen LogP contribution >= 0.6 is 0 Å². The lowest BCUT2D eigenvalue weighted by Gasteiger charge is -2.36. The normalized spacial score (nSPS) is 26.1. The maximum Gasteiger partial charge on any atom is 0.276 e. The summed E-state index contributed by atoms with van der Waals surface area (Å²) in [4.78, 5) is 17.7. The number of carbonyl (C=O) groups excluding carboxylic acids is 1. The van der Waals surface area contributed by atoms with E-state index in [0.717, 1.165) is 31.2 Å². The van der Waals surface area contributed by atoms with Crippen molar-refractivity contribution < 1.29 is 4.79 Å². The quantitative estimate of drug-likeness (QED) is 0.847. The summed E-state index contributed by atoms with van der Waals surface area (Å²) in [6, 6.07) is 10.3. The molecule has 1 aromatic heterocycles. The van der Waals surface area contributed by atoms with Gasteiger partial charge in [-0.2, -0.15) is 0 Å². The highest BCUT2D eigenvalue weighted by Gasteiger charge is 2.39. The van der Waals surface area contributed by atoms with Gasteiger partial charge in [0.1, 0.15) is 0 Å². The van der Waals surface area contributed by atoms with Crippen LogP contribution in [-0.4, -0.2) is 62.9 Å². The summed E-state index contributed by atoms with van der Waals surface area (Å²) < 4.78 is 1.68. The monoisotopic (exact) mass is 351 g/mol. The van der Waals surface area contributed by atoms with E-state index in [-0.39, 0.29) is 5.91 Å². The molecule has 4 fully saturated rings. The van der Waals surface area contributed by atoms with Crippen molar-refractivity contribution >= 4 is 5.91 Å². The number of piperidine rings is 1. The first-order valence-electron chi connectivity index (χ1n) is 9.77. The van der Waals surface area contributed by atoms with E-state index in [4.69, 9.17) is 0 Å². The van der Waals surface area contributed by atoms with Gasteiger partial charge in [0.25, 0.3) is 5.91 Å². The van der Waals surface area contributed by atoms with Crippen molar-refractivity contribution in [2.75, 3.05) is 26.2 Å². The molecule has 2 bridgehead atoms. The van der Waals surface area contributed by atoms with Crippen molar-refractivity contribution in [3.05, 3.63) is 42.2 Å². The van der Waals surface area contributed by atoms with Crippen molar-refractivity contribution in [1.29, 1.82) is 0 Å². The van der Waals surface area contributed by atoms with Crippen LogP contribution < -0.4 is 0 Å². The van der Waals surface area contributed by atoms with Crippen molar-refractivity contribution in [2.45, 2.75) is 31.7 Å². The molecule has 26 heavy (non-hydrogen) atoms. The molecule has 2 aromatic rings. The highest BCUT2D eigenvalue weighted by molar-refractivity contribution is 5.92. The molecule has 1 saturated carbocycles. The molecule has 0 unspecified atom stereocenters. The van der Waals surface area contributed by atoms with Gasteiger partial charge in [-0.1, -0.05) is 23.4 Å². The third-order valence-corrected chi connectivity index (χ3v) is 6.04. The predicted octanol–water partition coefficient (Wildman–Crippen LogP) is 2.21. The zero-order chi connectivity index (χ0) is 17.5. The number of carbonyl (C=O) groups is 1. The molecule has 3 aliphatic heterocycles. The second-order valence-electron chi connectivity index (χ2n) is 8.09. The molecular weight excluding hydrogens is 326 g/mol. The molecule has 3 saturated heterocycles. The SMILES string of the molecule is O=C(c1cn(-c2ccccc2)nn1)N1C[C@H]2CC[C@@H](C1)N(CC1CC1)C2. The average Bonchev–Trinajstić information content (AvgIpc) is 3.43. The molecule has 0 N–H and O–H groups in total. The Morgan fingerprint density at radius 3 is 2.69 bits per heavy atom. The third kappa shape index (κ3) is 3.14. The molecular formula is C20H25N5O. The lowest BCUT2D eigenvalue weighted by Crippen LogP contribution is -2.45. The first-order valence-corrected chi connectivity index (χ1v) is 9.77. The van der Waals surface area contributed by atoms with Crippen LogP contribution in [0.4, 0.5) is 0 Å². The Morgan fingerprint density at radius 2 is 1.88 bits per heavy atom. The lowest BCUT2D eigenvalue weighted by molar-refractivity contribution is 0.0731. The molecule has 136 valence electrons. The van der Waals surface area contributed by atoms with Gasteiger partial charge in [-0.3, -0.25) is 9.69 Å². The minimum absolute atomic E-state index is 0.0253. The maximum absolute atomic E-state index is 13.0. The zero-order valence-electron chi connectivity index (χ0n) is 15.0. The number of fused-ring (bicyclic) bond motifs is 4. The second kappa shape index (κ2) is 6.50. The molecule has 6 rings (SSSR count). The van der Waals surface area contributed by atoms with Gasteiger partial charge in [-0.15, -0.1) is 5.10 Å². The van der Waals surface area contributed by atoms with E-state index >= 15 is 0 Å². The molecule has 1 aliphatic carbocycles. The fraction of sp³-hybridized carbons (Fsp3) is 0.550. The van der Waals surface area contributed by atoms with Crippen molar-refractivity contribution in [1.82, 2.24) is 24.8 Å². The Morgan fingerprint density at radius 1 is 1.04 bits per heavy atom. The number of nitrogens with zero attached hydrogens (tertiary/aromatic N) is 5. The molecule has 1 aromatic carbocycles. The largest absolute Gasteiger partial charge is 0.335 e. The van der Waals surface area contributed by atoms with E-state index in [1.165, 1.54) is 32.2 Å². The summed E-state index contributed by atoms with van der Waals surface area (Å²) in [5, 5.41) is 8.31. The van der Waals surface area contributed by atoms with Gasteiger partial charge in [-0.25, -0.2) is 4.68 Å². The Balaban J connectivity index is 1.32. The molecule has 0 radical (unpaired) electrons. The third-order valence-electron chi connectivity index (χ3n) is 6.04. The zero-order valence-corrected chi connectivity index (χ0v) is 15.0. The van der Waals surface area contributed by atoms with Gasteiger partial charge >= 0.3 is 0 Å². The smallest absolute Gasteiger partial charge is 0.276 e. The van der Waals surface area contributed by atoms with Crippen LogP contribution in [0.15, 0.2) is 36.5 Å². The van der Waals surface area contributed by atoms with E-state index in [2.05, 4.69) is 15.2 Å². The Bertz CT molecular complexity index is 785. The van der Waals surface area contributed by atoms with Crippen LogP contribution in [0, 0.1) is 11.8 Å². The summed E-state index contributed by atoms with van der Waals surface area (Å²) in [5.41, 5.74) is 1.37. The Kier molecular flexibility index (Phi) is 4.00. The molecule has 1 amide bonds. The van der Waals surface area contributed by atoms with Crippen LogP contribution in [-0.2, 0) is 0 Å². The van der Waals surface area contributed by atoms with Crippen LogP contribution in [0.2, 0.25) is 0 Å². The van der Waals surface area contributed by atoms with E-state index in [0.29, 0.717) is 17.7 Å². The first kappa shape index (κ1) is 16.0. The molecule has 6 heteroatoms. The van der Waals surface area contributed by atoms with Gasteiger partial charge in [0.2, 0.25) is 0 Å². The van der Waals surface area contributed by atoms with Gasteiger partial charge in [0.15, 0.2) is 5.69 Å². The first-order chi connectivity index (χ1) is 12.8. The maximum atomic E-state index is 13.0. The predicted molar refractivity (Wildman–Crippen MR) is 98.1 cm³/mol. The molecule has 4 aliphatic rings. The van der Waals surface area contributed by atoms with Crippen molar-refractivity contribution in [3.63, 3.8) is 0 Å². The minimum Gasteiger partial charge on any atom is -0.335 e. The average molecular weight is 351 g/mol.